The molecule has 0 atom stereocenters. The highest BCUT2D eigenvalue weighted by atomic mass is 16.6. The first-order valence-corrected chi connectivity index (χ1v) is 6.48. The summed E-state index contributed by atoms with van der Waals surface area (Å²) in [6.45, 7) is 0. The van der Waals surface area contributed by atoms with Crippen molar-refractivity contribution in [1.29, 1.82) is 0 Å². The second kappa shape index (κ2) is 5.91. The first kappa shape index (κ1) is 16.8. The monoisotopic (exact) mass is 334 g/mol. The van der Waals surface area contributed by atoms with Crippen molar-refractivity contribution < 1.29 is 29.6 Å². The number of nitrogens with zero attached hydrogens (tertiary/aromatic N) is 2. The summed E-state index contributed by atoms with van der Waals surface area (Å²) in [4.78, 5) is 43.4. The summed E-state index contributed by atoms with van der Waals surface area (Å²) >= 11 is 0. The number of rotatable bonds is 5. The summed E-state index contributed by atoms with van der Waals surface area (Å²) in [6, 6.07) is 5.22. The molecule has 0 spiro atoms. The third kappa shape index (κ3) is 2.60. The van der Waals surface area contributed by atoms with E-state index < -0.39 is 45.0 Å². The Morgan fingerprint density at radius 1 is 1.04 bits per heavy atom. The largest absolute Gasteiger partial charge is 0.480 e. The number of hydrogen-bond acceptors (Lipinski definition) is 6. The third-order valence-electron chi connectivity index (χ3n) is 3.67. The number of para-hydroxylation sites is 1. The zero-order chi connectivity index (χ0) is 18.1. The number of carbonyl (C=O) groups is 2. The molecule has 10 nitrogen and oxygen atoms in total. The molecule has 1 aliphatic rings. The Kier molecular flexibility index (Phi) is 4.14. The van der Waals surface area contributed by atoms with Crippen LogP contribution >= 0.6 is 0 Å². The van der Waals surface area contributed by atoms with Gasteiger partial charge in [-0.15, -0.1) is 0 Å². The molecule has 2 rings (SSSR count). The molecule has 0 fully saturated rings. The first-order chi connectivity index (χ1) is 11.2. The van der Waals surface area contributed by atoms with Gasteiger partial charge in [0.25, 0.3) is 11.4 Å². The van der Waals surface area contributed by atoms with Crippen molar-refractivity contribution in [3.05, 3.63) is 67.9 Å². The van der Waals surface area contributed by atoms with Gasteiger partial charge in [-0.1, -0.05) is 18.2 Å². The number of benzene rings is 1. The van der Waals surface area contributed by atoms with Crippen LogP contribution in [0.3, 0.4) is 0 Å². The maximum absolute atomic E-state index is 11.3. The van der Waals surface area contributed by atoms with E-state index in [-0.39, 0.29) is 11.1 Å². The predicted octanol–water partition coefficient (Wildman–Crippen LogP) is 1.70. The maximum atomic E-state index is 11.3. The van der Waals surface area contributed by atoms with Crippen LogP contribution in [0.4, 0.5) is 5.69 Å². The molecule has 24 heavy (non-hydrogen) atoms. The predicted molar refractivity (Wildman–Crippen MR) is 78.5 cm³/mol. The number of hydrogen-bond donors (Lipinski definition) is 2. The smallest absolute Gasteiger partial charge is 0.325 e. The minimum atomic E-state index is -2.49. The molecular formula is C14H10N2O8. The van der Waals surface area contributed by atoms with Crippen LogP contribution in [-0.4, -0.2) is 32.0 Å². The van der Waals surface area contributed by atoms with Gasteiger partial charge in [0.2, 0.25) is 0 Å². The van der Waals surface area contributed by atoms with Gasteiger partial charge in [0.05, 0.1) is 27.4 Å². The zero-order valence-corrected chi connectivity index (χ0v) is 11.9. The molecule has 0 unspecified atom stereocenters. The fraction of sp³-hybridized carbons (Fsp3) is 0.143. The lowest BCUT2D eigenvalue weighted by atomic mass is 9.77. The van der Waals surface area contributed by atoms with E-state index in [9.17, 15) is 40.0 Å². The van der Waals surface area contributed by atoms with E-state index in [4.69, 9.17) is 0 Å². The highest BCUT2D eigenvalue weighted by Crippen LogP contribution is 2.40. The van der Waals surface area contributed by atoms with Gasteiger partial charge in [-0.25, -0.2) is 0 Å². The van der Waals surface area contributed by atoms with Crippen molar-refractivity contribution in [2.24, 2.45) is 5.41 Å². The van der Waals surface area contributed by atoms with E-state index in [1.807, 2.05) is 0 Å². The van der Waals surface area contributed by atoms with Crippen molar-refractivity contribution in [1.82, 2.24) is 0 Å². The second-order valence-corrected chi connectivity index (χ2v) is 4.98. The summed E-state index contributed by atoms with van der Waals surface area (Å²) in [6.07, 6.45) is 0.811. The topological polar surface area (TPSA) is 161 Å². The Hall–Kier alpha value is -3.56. The molecule has 2 N–H and O–H groups in total. The molecule has 1 aromatic rings. The van der Waals surface area contributed by atoms with E-state index in [1.165, 1.54) is 18.2 Å². The van der Waals surface area contributed by atoms with Crippen LogP contribution in [0.1, 0.15) is 12.0 Å². The van der Waals surface area contributed by atoms with Crippen molar-refractivity contribution in [2.45, 2.75) is 6.42 Å². The van der Waals surface area contributed by atoms with Crippen LogP contribution in [0.2, 0.25) is 0 Å². The van der Waals surface area contributed by atoms with Gasteiger partial charge in [-0.05, 0) is 12.1 Å². The van der Waals surface area contributed by atoms with E-state index in [0.29, 0.717) is 0 Å². The van der Waals surface area contributed by atoms with Crippen molar-refractivity contribution in [3.8, 4) is 0 Å². The molecule has 0 saturated heterocycles. The Bertz CT molecular complexity index is 810. The Balaban J connectivity index is 2.69. The van der Waals surface area contributed by atoms with E-state index in [2.05, 4.69) is 0 Å². The molecule has 1 aromatic carbocycles. The molecule has 124 valence electrons. The second-order valence-electron chi connectivity index (χ2n) is 4.98. The van der Waals surface area contributed by atoms with Crippen LogP contribution in [-0.2, 0) is 9.59 Å². The van der Waals surface area contributed by atoms with Gasteiger partial charge in [0.15, 0.2) is 5.41 Å². The van der Waals surface area contributed by atoms with Gasteiger partial charge >= 0.3 is 11.9 Å². The Morgan fingerprint density at radius 2 is 1.62 bits per heavy atom. The minimum absolute atomic E-state index is 0.0881. The lowest BCUT2D eigenvalue weighted by molar-refractivity contribution is -0.428. The SMILES string of the molecule is O=C(O)C1(C(=O)O)C=CC(c2ccccc2[N+](=O)[O-])=C([N+](=O)[O-])C1. The summed E-state index contributed by atoms with van der Waals surface area (Å²) < 4.78 is 0. The molecule has 0 aliphatic heterocycles. The Labute approximate surface area is 133 Å². The lowest BCUT2D eigenvalue weighted by Gasteiger charge is -2.23. The number of nitro benzene ring substituents is 1. The number of carboxylic acid groups (broad SMARTS) is 2. The van der Waals surface area contributed by atoms with Crippen molar-refractivity contribution in [3.63, 3.8) is 0 Å². The number of aliphatic carboxylic acids is 2. The van der Waals surface area contributed by atoms with Gasteiger partial charge in [-0.2, -0.15) is 0 Å². The van der Waals surface area contributed by atoms with Crippen LogP contribution in [0.15, 0.2) is 42.1 Å². The van der Waals surface area contributed by atoms with Gasteiger partial charge in [0.1, 0.15) is 0 Å². The minimum Gasteiger partial charge on any atom is -0.480 e. The maximum Gasteiger partial charge on any atom is 0.325 e. The molecular weight excluding hydrogens is 324 g/mol. The van der Waals surface area contributed by atoms with Crippen molar-refractivity contribution >= 4 is 23.2 Å². The molecule has 10 heteroatoms. The molecule has 0 radical (unpaired) electrons. The highest BCUT2D eigenvalue weighted by molar-refractivity contribution is 6.02. The van der Waals surface area contributed by atoms with Gasteiger partial charge < -0.3 is 10.2 Å². The van der Waals surface area contributed by atoms with Crippen LogP contribution in [0, 0.1) is 25.6 Å². The number of allylic oxidation sites excluding steroid dienone is 3. The number of carboxylic acids is 2. The molecule has 0 saturated carbocycles. The fourth-order valence-electron chi connectivity index (χ4n) is 2.39. The summed E-state index contributed by atoms with van der Waals surface area (Å²) in [7, 11) is 0. The molecule has 0 heterocycles. The zero-order valence-electron chi connectivity index (χ0n) is 11.9. The van der Waals surface area contributed by atoms with Gasteiger partial charge in [0, 0.05) is 6.07 Å². The molecule has 0 amide bonds. The summed E-state index contributed by atoms with van der Waals surface area (Å²) in [5.41, 5.74) is -3.89. The first-order valence-electron chi connectivity index (χ1n) is 6.48. The molecule has 1 aliphatic carbocycles. The standard InChI is InChI=1S/C14H10N2O8/c17-12(18)14(13(19)20)6-5-9(11(7-14)16(23)24)8-3-1-2-4-10(8)15(21)22/h1-6H,7H2,(H,17,18)(H,19,20). The van der Waals surface area contributed by atoms with Crippen molar-refractivity contribution in [2.75, 3.05) is 0 Å². The molecule has 0 bridgehead atoms. The average molecular weight is 334 g/mol. The third-order valence-corrected chi connectivity index (χ3v) is 3.67. The lowest BCUT2D eigenvalue weighted by Crippen LogP contribution is -2.40. The average Bonchev–Trinajstić information content (AvgIpc) is 2.53. The molecule has 0 aromatic heterocycles. The number of nitro groups is 2. The summed E-state index contributed by atoms with van der Waals surface area (Å²) in [5.74, 6) is -3.51. The highest BCUT2D eigenvalue weighted by Gasteiger charge is 2.50. The van der Waals surface area contributed by atoms with Crippen LogP contribution in [0.5, 0.6) is 0 Å². The normalized spacial score (nSPS) is 15.8. The summed E-state index contributed by atoms with van der Waals surface area (Å²) in [5, 5.41) is 40.7. The quantitative estimate of drug-likeness (QED) is 0.467. The van der Waals surface area contributed by atoms with E-state index in [1.54, 1.807) is 0 Å². The van der Waals surface area contributed by atoms with E-state index >= 15 is 0 Å². The fourth-order valence-corrected chi connectivity index (χ4v) is 2.39. The Morgan fingerprint density at radius 3 is 2.12 bits per heavy atom. The van der Waals surface area contributed by atoms with Crippen LogP contribution < -0.4 is 0 Å². The van der Waals surface area contributed by atoms with Gasteiger partial charge in [-0.3, -0.25) is 29.8 Å². The van der Waals surface area contributed by atoms with Crippen LogP contribution in [0.25, 0.3) is 5.57 Å². The van der Waals surface area contributed by atoms with E-state index in [0.717, 1.165) is 18.2 Å².